The first-order chi connectivity index (χ1) is 13.7. The highest BCUT2D eigenvalue weighted by Crippen LogP contribution is 2.28. The Morgan fingerprint density at radius 1 is 1.03 bits per heavy atom. The number of nitrogens with one attached hydrogen (secondary N) is 2. The first kappa shape index (κ1) is 25.1. The highest BCUT2D eigenvalue weighted by molar-refractivity contribution is 14.0. The molecule has 2 N–H and O–H groups in total. The smallest absolute Gasteiger partial charge is 0.190 e. The number of guanidine groups is 1. The molecule has 0 saturated heterocycles. The highest BCUT2D eigenvalue weighted by Gasteiger charge is 2.06. The molecule has 162 valence electrons. The van der Waals surface area contributed by atoms with E-state index in [0.717, 1.165) is 49.8 Å². The molecule has 0 amide bonds. The maximum Gasteiger partial charge on any atom is 0.190 e. The van der Waals surface area contributed by atoms with Crippen molar-refractivity contribution in [1.29, 1.82) is 0 Å². The number of halogens is 1. The standard InChI is InChI=1S/C21H33N5O2.HI/c1-5-27-19-10-9-17(14-20(19)28-6-2)11-13-24-21(22-3)23-12-7-8-18-15-25-26(4)16-18;/h9-10,14-16H,5-8,11-13H2,1-4H3,(H2,22,23,24);1H. The summed E-state index contributed by atoms with van der Waals surface area (Å²) in [5, 5.41) is 10.9. The van der Waals surface area contributed by atoms with Gasteiger partial charge in [-0.3, -0.25) is 9.67 Å². The SMILES string of the molecule is CCOc1ccc(CCNC(=NC)NCCCc2cnn(C)c2)cc1OCC.I. The Labute approximate surface area is 191 Å². The van der Waals surface area contributed by atoms with Gasteiger partial charge in [-0.05, 0) is 56.4 Å². The molecular formula is C21H34IN5O2. The maximum absolute atomic E-state index is 5.69. The molecule has 1 aromatic heterocycles. The summed E-state index contributed by atoms with van der Waals surface area (Å²) >= 11 is 0. The number of aryl methyl sites for hydroxylation is 2. The number of nitrogens with zero attached hydrogens (tertiary/aromatic N) is 3. The normalized spacial score (nSPS) is 11.0. The van der Waals surface area contributed by atoms with E-state index in [1.807, 2.05) is 37.8 Å². The zero-order valence-corrected chi connectivity index (χ0v) is 20.2. The monoisotopic (exact) mass is 515 g/mol. The molecule has 1 aromatic carbocycles. The van der Waals surface area contributed by atoms with Gasteiger partial charge in [0.15, 0.2) is 17.5 Å². The van der Waals surface area contributed by atoms with Crippen molar-refractivity contribution in [3.63, 3.8) is 0 Å². The Morgan fingerprint density at radius 3 is 2.41 bits per heavy atom. The number of rotatable bonds is 11. The van der Waals surface area contributed by atoms with Crippen LogP contribution in [0.3, 0.4) is 0 Å². The number of ether oxygens (including phenoxy) is 2. The lowest BCUT2D eigenvalue weighted by Crippen LogP contribution is -2.38. The minimum Gasteiger partial charge on any atom is -0.490 e. The molecule has 0 radical (unpaired) electrons. The lowest BCUT2D eigenvalue weighted by Gasteiger charge is -2.14. The van der Waals surface area contributed by atoms with Gasteiger partial charge in [0, 0.05) is 33.4 Å². The van der Waals surface area contributed by atoms with Gasteiger partial charge in [-0.2, -0.15) is 5.10 Å². The Kier molecular flexibility index (Phi) is 12.2. The van der Waals surface area contributed by atoms with Crippen molar-refractivity contribution >= 4 is 29.9 Å². The van der Waals surface area contributed by atoms with Gasteiger partial charge >= 0.3 is 0 Å². The first-order valence-corrected chi connectivity index (χ1v) is 9.96. The summed E-state index contributed by atoms with van der Waals surface area (Å²) in [5.41, 5.74) is 2.46. The minimum absolute atomic E-state index is 0. The third kappa shape index (κ3) is 8.93. The third-order valence-corrected chi connectivity index (χ3v) is 4.23. The fourth-order valence-corrected chi connectivity index (χ4v) is 2.90. The van der Waals surface area contributed by atoms with Crippen molar-refractivity contribution in [1.82, 2.24) is 20.4 Å². The predicted octanol–water partition coefficient (Wildman–Crippen LogP) is 3.18. The third-order valence-electron chi connectivity index (χ3n) is 4.23. The molecule has 0 aliphatic heterocycles. The van der Waals surface area contributed by atoms with E-state index in [1.54, 1.807) is 7.05 Å². The average Bonchev–Trinajstić information content (AvgIpc) is 3.11. The van der Waals surface area contributed by atoms with Crippen LogP contribution in [0.15, 0.2) is 35.6 Å². The minimum atomic E-state index is 0. The van der Waals surface area contributed by atoms with E-state index in [1.165, 1.54) is 11.1 Å². The molecule has 0 unspecified atom stereocenters. The van der Waals surface area contributed by atoms with E-state index >= 15 is 0 Å². The number of aromatic nitrogens is 2. The molecule has 2 rings (SSSR count). The summed E-state index contributed by atoms with van der Waals surface area (Å²) in [6, 6.07) is 6.12. The van der Waals surface area contributed by atoms with E-state index < -0.39 is 0 Å². The topological polar surface area (TPSA) is 72.7 Å². The molecule has 0 atom stereocenters. The Morgan fingerprint density at radius 2 is 1.76 bits per heavy atom. The van der Waals surface area contributed by atoms with Crippen LogP contribution in [0.1, 0.15) is 31.4 Å². The number of hydrogen-bond donors (Lipinski definition) is 2. The quantitative estimate of drug-likeness (QED) is 0.208. The predicted molar refractivity (Wildman–Crippen MR) is 129 cm³/mol. The summed E-state index contributed by atoms with van der Waals surface area (Å²) in [5.74, 6) is 2.43. The molecule has 2 aromatic rings. The van der Waals surface area contributed by atoms with Gasteiger partial charge in [-0.15, -0.1) is 24.0 Å². The zero-order valence-electron chi connectivity index (χ0n) is 17.9. The summed E-state index contributed by atoms with van der Waals surface area (Å²) in [4.78, 5) is 4.29. The van der Waals surface area contributed by atoms with Gasteiger partial charge in [-0.25, -0.2) is 0 Å². The van der Waals surface area contributed by atoms with E-state index in [4.69, 9.17) is 9.47 Å². The van der Waals surface area contributed by atoms with Gasteiger partial charge in [-0.1, -0.05) is 6.07 Å². The largest absolute Gasteiger partial charge is 0.490 e. The van der Waals surface area contributed by atoms with Crippen molar-refractivity contribution in [3.05, 3.63) is 41.7 Å². The Balaban J connectivity index is 0.00000420. The van der Waals surface area contributed by atoms with Crippen LogP contribution in [0.4, 0.5) is 0 Å². The van der Waals surface area contributed by atoms with Crippen LogP contribution in [0.25, 0.3) is 0 Å². The number of aliphatic imine (C=N–C) groups is 1. The van der Waals surface area contributed by atoms with E-state index in [2.05, 4.69) is 39.1 Å². The van der Waals surface area contributed by atoms with Crippen molar-refractivity contribution in [3.8, 4) is 11.5 Å². The maximum atomic E-state index is 5.69. The van der Waals surface area contributed by atoms with Crippen molar-refractivity contribution < 1.29 is 9.47 Å². The van der Waals surface area contributed by atoms with E-state index in [-0.39, 0.29) is 24.0 Å². The lowest BCUT2D eigenvalue weighted by molar-refractivity contribution is 0.287. The van der Waals surface area contributed by atoms with Crippen LogP contribution in [-0.2, 0) is 19.9 Å². The molecule has 0 bridgehead atoms. The molecule has 0 spiro atoms. The van der Waals surface area contributed by atoms with Crippen molar-refractivity contribution in [2.75, 3.05) is 33.4 Å². The Hall–Kier alpha value is -1.97. The molecule has 0 aliphatic carbocycles. The average molecular weight is 515 g/mol. The molecule has 1 heterocycles. The zero-order chi connectivity index (χ0) is 20.2. The van der Waals surface area contributed by atoms with Crippen molar-refractivity contribution in [2.45, 2.75) is 33.1 Å². The van der Waals surface area contributed by atoms with Gasteiger partial charge in [0.1, 0.15) is 0 Å². The fraction of sp³-hybridized carbons (Fsp3) is 0.524. The summed E-state index contributed by atoms with van der Waals surface area (Å²) < 4.78 is 13.1. The molecule has 0 saturated carbocycles. The lowest BCUT2D eigenvalue weighted by atomic mass is 10.1. The van der Waals surface area contributed by atoms with E-state index in [0.29, 0.717) is 13.2 Å². The van der Waals surface area contributed by atoms with Gasteiger partial charge in [0.05, 0.1) is 19.4 Å². The van der Waals surface area contributed by atoms with Gasteiger partial charge in [0.25, 0.3) is 0 Å². The second-order valence-electron chi connectivity index (χ2n) is 6.45. The number of hydrogen-bond acceptors (Lipinski definition) is 4. The molecule has 7 nitrogen and oxygen atoms in total. The van der Waals surface area contributed by atoms with E-state index in [9.17, 15) is 0 Å². The highest BCUT2D eigenvalue weighted by atomic mass is 127. The van der Waals surface area contributed by atoms with Crippen molar-refractivity contribution in [2.24, 2.45) is 12.0 Å². The van der Waals surface area contributed by atoms with Crippen LogP contribution < -0.4 is 20.1 Å². The summed E-state index contributed by atoms with van der Waals surface area (Å²) in [7, 11) is 3.73. The summed E-state index contributed by atoms with van der Waals surface area (Å²) in [6.07, 6.45) is 6.89. The molecule has 8 heteroatoms. The fourth-order valence-electron chi connectivity index (χ4n) is 2.90. The van der Waals surface area contributed by atoms with Crippen LogP contribution in [0.2, 0.25) is 0 Å². The van der Waals surface area contributed by atoms with Crippen LogP contribution in [-0.4, -0.2) is 49.1 Å². The molecular weight excluding hydrogens is 481 g/mol. The number of benzene rings is 1. The molecule has 29 heavy (non-hydrogen) atoms. The molecule has 0 fully saturated rings. The second-order valence-corrected chi connectivity index (χ2v) is 6.45. The van der Waals surface area contributed by atoms with Crippen LogP contribution in [0.5, 0.6) is 11.5 Å². The first-order valence-electron chi connectivity index (χ1n) is 9.96. The molecule has 0 aliphatic rings. The van der Waals surface area contributed by atoms with Crippen LogP contribution >= 0.6 is 24.0 Å². The summed E-state index contributed by atoms with van der Waals surface area (Å²) in [6.45, 7) is 6.87. The van der Waals surface area contributed by atoms with Gasteiger partial charge < -0.3 is 20.1 Å². The van der Waals surface area contributed by atoms with Crippen LogP contribution in [0, 0.1) is 0 Å². The Bertz CT molecular complexity index is 748. The second kappa shape index (κ2) is 14.1. The van der Waals surface area contributed by atoms with Gasteiger partial charge in [0.2, 0.25) is 0 Å².